The van der Waals surface area contributed by atoms with Crippen LogP contribution in [0.1, 0.15) is 10.6 Å². The second-order valence-electron chi connectivity index (χ2n) is 3.09. The number of hydrogen-bond acceptors (Lipinski definition) is 2. The third-order valence-electron chi connectivity index (χ3n) is 2.01. The Morgan fingerprint density at radius 3 is 2.69 bits per heavy atom. The number of furan rings is 1. The SMILES string of the molecule is O=C(O)c1ccc(-c2cc(F)ccc2Br)o1. The number of carbonyl (C=O) groups is 1. The summed E-state index contributed by atoms with van der Waals surface area (Å²) in [6.07, 6.45) is 0. The van der Waals surface area contributed by atoms with E-state index in [9.17, 15) is 9.18 Å². The molecule has 0 amide bonds. The molecule has 1 N–H and O–H groups in total. The average molecular weight is 285 g/mol. The van der Waals surface area contributed by atoms with Crippen molar-refractivity contribution >= 4 is 21.9 Å². The number of carboxylic acids is 1. The number of hydrogen-bond donors (Lipinski definition) is 1. The van der Waals surface area contributed by atoms with Gasteiger partial charge in [0.1, 0.15) is 11.6 Å². The highest BCUT2D eigenvalue weighted by atomic mass is 79.9. The van der Waals surface area contributed by atoms with Gasteiger partial charge in [-0.3, -0.25) is 0 Å². The Balaban J connectivity index is 2.50. The molecule has 0 aliphatic carbocycles. The van der Waals surface area contributed by atoms with Crippen LogP contribution in [0.5, 0.6) is 0 Å². The Kier molecular flexibility index (Phi) is 2.78. The van der Waals surface area contributed by atoms with Crippen molar-refractivity contribution in [1.29, 1.82) is 0 Å². The van der Waals surface area contributed by atoms with Gasteiger partial charge >= 0.3 is 5.97 Å². The molecule has 0 saturated carbocycles. The van der Waals surface area contributed by atoms with Crippen molar-refractivity contribution in [2.75, 3.05) is 0 Å². The molecule has 2 rings (SSSR count). The van der Waals surface area contributed by atoms with E-state index in [1.54, 1.807) is 0 Å². The van der Waals surface area contributed by atoms with Crippen molar-refractivity contribution in [2.24, 2.45) is 0 Å². The van der Waals surface area contributed by atoms with Crippen LogP contribution < -0.4 is 0 Å². The molecule has 0 atom stereocenters. The summed E-state index contributed by atoms with van der Waals surface area (Å²) in [5.41, 5.74) is 0.479. The van der Waals surface area contributed by atoms with Crippen LogP contribution in [0.4, 0.5) is 4.39 Å². The van der Waals surface area contributed by atoms with Crippen LogP contribution in [0.3, 0.4) is 0 Å². The van der Waals surface area contributed by atoms with Crippen molar-refractivity contribution in [1.82, 2.24) is 0 Å². The summed E-state index contributed by atoms with van der Waals surface area (Å²) in [5.74, 6) is -1.43. The molecule has 3 nitrogen and oxygen atoms in total. The van der Waals surface area contributed by atoms with Crippen LogP contribution in [0.15, 0.2) is 39.2 Å². The Labute approximate surface area is 98.6 Å². The fraction of sp³-hybridized carbons (Fsp3) is 0. The first kappa shape index (κ1) is 10.9. The molecule has 0 spiro atoms. The molecular formula is C11H6BrFO3. The molecular weight excluding hydrogens is 279 g/mol. The molecule has 16 heavy (non-hydrogen) atoms. The standard InChI is InChI=1S/C11H6BrFO3/c12-8-2-1-6(13)5-7(8)9-3-4-10(16-9)11(14)15/h1-5H,(H,14,15). The summed E-state index contributed by atoms with van der Waals surface area (Å²) in [5, 5.41) is 8.69. The Hall–Kier alpha value is -1.62. The van der Waals surface area contributed by atoms with Gasteiger partial charge in [-0.2, -0.15) is 0 Å². The van der Waals surface area contributed by atoms with E-state index in [1.165, 1.54) is 30.3 Å². The third kappa shape index (κ3) is 1.99. The van der Waals surface area contributed by atoms with Crippen molar-refractivity contribution < 1.29 is 18.7 Å². The summed E-state index contributed by atoms with van der Waals surface area (Å²) >= 11 is 3.24. The normalized spacial score (nSPS) is 10.4. The van der Waals surface area contributed by atoms with Gasteiger partial charge in [-0.1, -0.05) is 15.9 Å². The van der Waals surface area contributed by atoms with E-state index in [1.807, 2.05) is 0 Å². The predicted octanol–water partition coefficient (Wildman–Crippen LogP) is 3.55. The second kappa shape index (κ2) is 4.09. The van der Waals surface area contributed by atoms with Gasteiger partial charge in [0.05, 0.1) is 0 Å². The Morgan fingerprint density at radius 2 is 2.06 bits per heavy atom. The third-order valence-corrected chi connectivity index (χ3v) is 2.70. The van der Waals surface area contributed by atoms with E-state index in [0.717, 1.165) is 0 Å². The maximum atomic E-state index is 13.0. The summed E-state index contributed by atoms with van der Waals surface area (Å²) in [6.45, 7) is 0. The lowest BCUT2D eigenvalue weighted by molar-refractivity contribution is 0.0663. The van der Waals surface area contributed by atoms with E-state index < -0.39 is 11.8 Å². The molecule has 0 saturated heterocycles. The van der Waals surface area contributed by atoms with Gasteiger partial charge in [0, 0.05) is 10.0 Å². The van der Waals surface area contributed by atoms with Crippen molar-refractivity contribution in [3.63, 3.8) is 0 Å². The molecule has 5 heteroatoms. The van der Waals surface area contributed by atoms with E-state index in [2.05, 4.69) is 15.9 Å². The topological polar surface area (TPSA) is 50.4 Å². The van der Waals surface area contributed by atoms with Crippen LogP contribution >= 0.6 is 15.9 Å². The summed E-state index contributed by atoms with van der Waals surface area (Å²) in [7, 11) is 0. The second-order valence-corrected chi connectivity index (χ2v) is 3.95. The monoisotopic (exact) mass is 284 g/mol. The molecule has 1 heterocycles. The number of aromatic carboxylic acids is 1. The molecule has 1 aromatic heterocycles. The first-order valence-electron chi connectivity index (χ1n) is 4.36. The van der Waals surface area contributed by atoms with Gasteiger partial charge in [-0.25, -0.2) is 9.18 Å². The quantitative estimate of drug-likeness (QED) is 0.918. The fourth-order valence-corrected chi connectivity index (χ4v) is 1.73. The van der Waals surface area contributed by atoms with Crippen LogP contribution in [-0.2, 0) is 0 Å². The van der Waals surface area contributed by atoms with Crippen LogP contribution in [0, 0.1) is 5.82 Å². The fourth-order valence-electron chi connectivity index (χ4n) is 1.28. The van der Waals surface area contributed by atoms with E-state index in [-0.39, 0.29) is 5.76 Å². The largest absolute Gasteiger partial charge is 0.475 e. The predicted molar refractivity (Wildman–Crippen MR) is 58.8 cm³/mol. The van der Waals surface area contributed by atoms with Crippen molar-refractivity contribution in [3.05, 3.63) is 46.4 Å². The molecule has 0 radical (unpaired) electrons. The summed E-state index contributed by atoms with van der Waals surface area (Å²) in [4.78, 5) is 10.6. The minimum absolute atomic E-state index is 0.175. The molecule has 1 aromatic carbocycles. The van der Waals surface area contributed by atoms with Crippen LogP contribution in [0.25, 0.3) is 11.3 Å². The number of carboxylic acid groups (broad SMARTS) is 1. The minimum atomic E-state index is -1.15. The molecule has 0 bridgehead atoms. The van der Waals surface area contributed by atoms with Crippen LogP contribution in [0.2, 0.25) is 0 Å². The van der Waals surface area contributed by atoms with Gasteiger partial charge < -0.3 is 9.52 Å². The molecule has 0 aliphatic heterocycles. The van der Waals surface area contributed by atoms with Crippen molar-refractivity contribution in [3.8, 4) is 11.3 Å². The zero-order valence-electron chi connectivity index (χ0n) is 7.91. The van der Waals surface area contributed by atoms with Crippen LogP contribution in [-0.4, -0.2) is 11.1 Å². The summed E-state index contributed by atoms with van der Waals surface area (Å²) in [6, 6.07) is 6.93. The molecule has 0 unspecified atom stereocenters. The van der Waals surface area contributed by atoms with E-state index >= 15 is 0 Å². The lowest BCUT2D eigenvalue weighted by Gasteiger charge is -2.00. The number of rotatable bonds is 2. The first-order valence-corrected chi connectivity index (χ1v) is 5.16. The molecule has 0 aliphatic rings. The molecule has 82 valence electrons. The number of halogens is 2. The maximum Gasteiger partial charge on any atom is 0.371 e. The Morgan fingerprint density at radius 1 is 1.31 bits per heavy atom. The zero-order valence-corrected chi connectivity index (χ0v) is 9.49. The minimum Gasteiger partial charge on any atom is -0.475 e. The van der Waals surface area contributed by atoms with Crippen molar-refractivity contribution in [2.45, 2.75) is 0 Å². The molecule has 2 aromatic rings. The highest BCUT2D eigenvalue weighted by Gasteiger charge is 2.12. The Bertz CT molecular complexity index is 548. The van der Waals surface area contributed by atoms with Gasteiger partial charge in [-0.05, 0) is 30.3 Å². The van der Waals surface area contributed by atoms with Gasteiger partial charge in [-0.15, -0.1) is 0 Å². The van der Waals surface area contributed by atoms with E-state index in [0.29, 0.717) is 15.8 Å². The maximum absolute atomic E-state index is 13.0. The van der Waals surface area contributed by atoms with Gasteiger partial charge in [0.15, 0.2) is 0 Å². The highest BCUT2D eigenvalue weighted by Crippen LogP contribution is 2.30. The lowest BCUT2D eigenvalue weighted by Crippen LogP contribution is -1.91. The smallest absolute Gasteiger partial charge is 0.371 e. The summed E-state index contributed by atoms with van der Waals surface area (Å²) < 4.78 is 18.7. The average Bonchev–Trinajstić information content (AvgIpc) is 2.70. The van der Waals surface area contributed by atoms with Gasteiger partial charge in [0.2, 0.25) is 5.76 Å². The van der Waals surface area contributed by atoms with E-state index in [4.69, 9.17) is 9.52 Å². The lowest BCUT2D eigenvalue weighted by atomic mass is 10.2. The van der Waals surface area contributed by atoms with Gasteiger partial charge in [0.25, 0.3) is 0 Å². The first-order chi connectivity index (χ1) is 7.58. The molecule has 0 fully saturated rings. The zero-order chi connectivity index (χ0) is 11.7. The number of benzene rings is 1. The highest BCUT2D eigenvalue weighted by molar-refractivity contribution is 9.10.